The third-order valence-electron chi connectivity index (χ3n) is 1.75. The van der Waals surface area contributed by atoms with E-state index in [1.165, 1.54) is 0 Å². The molecule has 1 rings (SSSR count). The SMILES string of the molecule is CC(C)C(=O)C1=CCCOC1. The highest BCUT2D eigenvalue weighted by atomic mass is 16.5. The maximum Gasteiger partial charge on any atom is 0.163 e. The van der Waals surface area contributed by atoms with Gasteiger partial charge in [-0.25, -0.2) is 0 Å². The molecule has 0 saturated heterocycles. The molecular formula is C9H14O2. The van der Waals surface area contributed by atoms with E-state index in [4.69, 9.17) is 4.74 Å². The van der Waals surface area contributed by atoms with Crippen molar-refractivity contribution in [2.24, 2.45) is 5.92 Å². The van der Waals surface area contributed by atoms with Crippen LogP contribution in [0, 0.1) is 5.92 Å². The zero-order valence-electron chi connectivity index (χ0n) is 7.09. The van der Waals surface area contributed by atoms with Crippen LogP contribution >= 0.6 is 0 Å². The monoisotopic (exact) mass is 154 g/mol. The van der Waals surface area contributed by atoms with E-state index in [1.807, 2.05) is 19.9 Å². The average Bonchev–Trinajstić information content (AvgIpc) is 2.05. The predicted octanol–water partition coefficient (Wildman–Crippen LogP) is 1.56. The topological polar surface area (TPSA) is 26.3 Å². The molecule has 2 heteroatoms. The van der Waals surface area contributed by atoms with Crippen molar-refractivity contribution in [3.8, 4) is 0 Å². The van der Waals surface area contributed by atoms with Crippen LogP contribution in [0.2, 0.25) is 0 Å². The molecule has 0 bridgehead atoms. The van der Waals surface area contributed by atoms with E-state index in [2.05, 4.69) is 0 Å². The number of ether oxygens (including phenoxy) is 1. The van der Waals surface area contributed by atoms with Gasteiger partial charge < -0.3 is 4.74 Å². The van der Waals surface area contributed by atoms with Crippen LogP contribution in [0.1, 0.15) is 20.3 Å². The predicted molar refractivity (Wildman–Crippen MR) is 43.4 cm³/mol. The van der Waals surface area contributed by atoms with E-state index in [0.717, 1.165) is 18.6 Å². The molecule has 0 radical (unpaired) electrons. The first kappa shape index (κ1) is 8.47. The third kappa shape index (κ3) is 2.15. The van der Waals surface area contributed by atoms with Crippen LogP contribution < -0.4 is 0 Å². The summed E-state index contributed by atoms with van der Waals surface area (Å²) < 4.78 is 5.16. The Kier molecular flexibility index (Phi) is 2.83. The molecule has 11 heavy (non-hydrogen) atoms. The van der Waals surface area contributed by atoms with Crippen molar-refractivity contribution in [1.29, 1.82) is 0 Å². The van der Waals surface area contributed by atoms with Gasteiger partial charge in [-0.05, 0) is 6.42 Å². The Hall–Kier alpha value is -0.630. The zero-order valence-corrected chi connectivity index (χ0v) is 7.09. The highest BCUT2D eigenvalue weighted by Gasteiger charge is 2.15. The fraction of sp³-hybridized carbons (Fsp3) is 0.667. The van der Waals surface area contributed by atoms with Gasteiger partial charge >= 0.3 is 0 Å². The van der Waals surface area contributed by atoms with Gasteiger partial charge in [0.25, 0.3) is 0 Å². The van der Waals surface area contributed by atoms with Crippen molar-refractivity contribution in [3.63, 3.8) is 0 Å². The largest absolute Gasteiger partial charge is 0.376 e. The number of hydrogen-bond acceptors (Lipinski definition) is 2. The van der Waals surface area contributed by atoms with Gasteiger partial charge in [-0.2, -0.15) is 0 Å². The first-order chi connectivity index (χ1) is 5.22. The number of rotatable bonds is 2. The first-order valence-electron chi connectivity index (χ1n) is 4.03. The molecule has 0 amide bonds. The number of Topliss-reactive ketones (excluding diaryl/α,β-unsaturated/α-hetero) is 1. The summed E-state index contributed by atoms with van der Waals surface area (Å²) in [5.41, 5.74) is 0.853. The highest BCUT2D eigenvalue weighted by Crippen LogP contribution is 2.11. The maximum absolute atomic E-state index is 11.3. The van der Waals surface area contributed by atoms with Crippen LogP contribution in [0.3, 0.4) is 0 Å². The second kappa shape index (κ2) is 3.67. The lowest BCUT2D eigenvalue weighted by atomic mass is 10.00. The van der Waals surface area contributed by atoms with Crippen LogP contribution in [0.5, 0.6) is 0 Å². The lowest BCUT2D eigenvalue weighted by molar-refractivity contribution is -0.119. The van der Waals surface area contributed by atoms with E-state index in [1.54, 1.807) is 0 Å². The van der Waals surface area contributed by atoms with Crippen molar-refractivity contribution in [2.75, 3.05) is 13.2 Å². The first-order valence-corrected chi connectivity index (χ1v) is 4.03. The van der Waals surface area contributed by atoms with Crippen LogP contribution in [-0.4, -0.2) is 19.0 Å². The lowest BCUT2D eigenvalue weighted by Crippen LogP contribution is -2.18. The molecule has 0 spiro atoms. The number of hydrogen-bond donors (Lipinski definition) is 0. The molecule has 0 aliphatic carbocycles. The number of carbonyl (C=O) groups excluding carboxylic acids is 1. The summed E-state index contributed by atoms with van der Waals surface area (Å²) in [4.78, 5) is 11.3. The van der Waals surface area contributed by atoms with Crippen molar-refractivity contribution in [2.45, 2.75) is 20.3 Å². The Morgan fingerprint density at radius 3 is 2.82 bits per heavy atom. The van der Waals surface area contributed by atoms with E-state index < -0.39 is 0 Å². The van der Waals surface area contributed by atoms with Crippen molar-refractivity contribution in [3.05, 3.63) is 11.6 Å². The molecule has 0 atom stereocenters. The van der Waals surface area contributed by atoms with Gasteiger partial charge in [-0.15, -0.1) is 0 Å². The summed E-state index contributed by atoms with van der Waals surface area (Å²) in [7, 11) is 0. The normalized spacial score (nSPS) is 18.3. The molecule has 0 aromatic heterocycles. The fourth-order valence-electron chi connectivity index (χ4n) is 1.10. The van der Waals surface area contributed by atoms with Gasteiger partial charge in [-0.1, -0.05) is 19.9 Å². The van der Waals surface area contributed by atoms with Gasteiger partial charge in [0.1, 0.15) is 0 Å². The fourth-order valence-corrected chi connectivity index (χ4v) is 1.10. The standard InChI is InChI=1S/C9H14O2/c1-7(2)9(10)8-4-3-5-11-6-8/h4,7H,3,5-6H2,1-2H3. The summed E-state index contributed by atoms with van der Waals surface area (Å²) in [5.74, 6) is 0.327. The van der Waals surface area contributed by atoms with Crippen LogP contribution in [0.4, 0.5) is 0 Å². The molecule has 1 aliphatic heterocycles. The summed E-state index contributed by atoms with van der Waals surface area (Å²) in [6, 6.07) is 0. The summed E-state index contributed by atoms with van der Waals surface area (Å²) in [6.07, 6.45) is 2.87. The minimum absolute atomic E-state index is 0.1000. The second-order valence-corrected chi connectivity index (χ2v) is 3.09. The highest BCUT2D eigenvalue weighted by molar-refractivity contribution is 5.96. The van der Waals surface area contributed by atoms with Gasteiger partial charge in [0.05, 0.1) is 13.2 Å². The molecule has 0 saturated carbocycles. The van der Waals surface area contributed by atoms with Crippen LogP contribution in [0.25, 0.3) is 0 Å². The molecule has 0 aromatic carbocycles. The molecular weight excluding hydrogens is 140 g/mol. The zero-order chi connectivity index (χ0) is 8.27. The van der Waals surface area contributed by atoms with Gasteiger partial charge in [0, 0.05) is 11.5 Å². The van der Waals surface area contributed by atoms with Gasteiger partial charge in [0.2, 0.25) is 0 Å². The van der Waals surface area contributed by atoms with E-state index in [-0.39, 0.29) is 11.7 Å². The summed E-state index contributed by atoms with van der Waals surface area (Å²) >= 11 is 0. The van der Waals surface area contributed by atoms with E-state index >= 15 is 0 Å². The Morgan fingerprint density at radius 2 is 2.36 bits per heavy atom. The molecule has 0 fully saturated rings. The minimum Gasteiger partial charge on any atom is -0.376 e. The second-order valence-electron chi connectivity index (χ2n) is 3.09. The molecule has 62 valence electrons. The van der Waals surface area contributed by atoms with Crippen molar-refractivity contribution >= 4 is 5.78 Å². The minimum atomic E-state index is 0.1000. The van der Waals surface area contributed by atoms with E-state index in [9.17, 15) is 4.79 Å². The smallest absolute Gasteiger partial charge is 0.163 e. The molecule has 0 aromatic rings. The maximum atomic E-state index is 11.3. The lowest BCUT2D eigenvalue weighted by Gasteiger charge is -2.13. The van der Waals surface area contributed by atoms with Gasteiger partial charge in [-0.3, -0.25) is 4.79 Å². The molecule has 2 nitrogen and oxygen atoms in total. The van der Waals surface area contributed by atoms with Crippen molar-refractivity contribution in [1.82, 2.24) is 0 Å². The van der Waals surface area contributed by atoms with Crippen LogP contribution in [-0.2, 0) is 9.53 Å². The average molecular weight is 154 g/mol. The van der Waals surface area contributed by atoms with Crippen LogP contribution in [0.15, 0.2) is 11.6 Å². The number of carbonyl (C=O) groups is 1. The quantitative estimate of drug-likeness (QED) is 0.603. The Morgan fingerprint density at radius 1 is 1.64 bits per heavy atom. The van der Waals surface area contributed by atoms with Gasteiger partial charge in [0.15, 0.2) is 5.78 Å². The number of ketones is 1. The van der Waals surface area contributed by atoms with E-state index in [0.29, 0.717) is 6.61 Å². The van der Waals surface area contributed by atoms with Crippen molar-refractivity contribution < 1.29 is 9.53 Å². The third-order valence-corrected chi connectivity index (χ3v) is 1.75. The molecule has 1 aliphatic rings. The summed E-state index contributed by atoms with van der Waals surface area (Å²) in [5, 5.41) is 0. The summed E-state index contributed by atoms with van der Waals surface area (Å²) in [6.45, 7) is 5.10. The molecule has 0 N–H and O–H groups in total. The Labute approximate surface area is 67.2 Å². The Balaban J connectivity index is 2.58. The Bertz CT molecular complexity index is 180. The molecule has 1 heterocycles. The molecule has 0 unspecified atom stereocenters.